The van der Waals surface area contributed by atoms with Crippen LogP contribution < -0.4 is 0 Å². The molecule has 0 N–H and O–H groups in total. The van der Waals surface area contributed by atoms with Gasteiger partial charge in [0.05, 0.1) is 11.5 Å². The molecule has 0 saturated carbocycles. The van der Waals surface area contributed by atoms with E-state index >= 15 is 0 Å². The highest BCUT2D eigenvalue weighted by molar-refractivity contribution is 8.00. The van der Waals surface area contributed by atoms with Gasteiger partial charge in [-0.1, -0.05) is 6.92 Å². The molecule has 1 aliphatic heterocycles. The molecule has 2 nitrogen and oxygen atoms in total. The summed E-state index contributed by atoms with van der Waals surface area (Å²) in [6, 6.07) is 3.06. The summed E-state index contributed by atoms with van der Waals surface area (Å²) in [4.78, 5) is 2.58. The Bertz CT molecular complexity index is 257. The third-order valence-corrected chi connectivity index (χ3v) is 4.90. The molecule has 16 heavy (non-hydrogen) atoms. The van der Waals surface area contributed by atoms with Gasteiger partial charge < -0.3 is 0 Å². The van der Waals surface area contributed by atoms with Gasteiger partial charge in [-0.25, -0.2) is 0 Å². The van der Waals surface area contributed by atoms with Crippen molar-refractivity contribution in [2.75, 3.05) is 18.8 Å². The average molecular weight is 240 g/mol. The minimum absolute atomic E-state index is 0.153. The van der Waals surface area contributed by atoms with Crippen LogP contribution in [0.4, 0.5) is 0 Å². The number of nitrogens with zero attached hydrogens (tertiary/aromatic N) is 2. The third kappa shape index (κ3) is 3.99. The zero-order valence-corrected chi connectivity index (χ0v) is 11.8. The third-order valence-electron chi connectivity index (χ3n) is 3.56. The Morgan fingerprint density at radius 1 is 1.44 bits per heavy atom. The molecule has 1 rings (SSSR count). The maximum atomic E-state index is 8.96. The lowest BCUT2D eigenvalue weighted by atomic mass is 9.89. The number of hydrogen-bond acceptors (Lipinski definition) is 3. The van der Waals surface area contributed by atoms with Crippen molar-refractivity contribution in [2.24, 2.45) is 5.41 Å². The van der Waals surface area contributed by atoms with Crippen LogP contribution in [0.15, 0.2) is 0 Å². The lowest BCUT2D eigenvalue weighted by molar-refractivity contribution is 0.202. The average Bonchev–Trinajstić information content (AvgIpc) is 2.24. The van der Waals surface area contributed by atoms with Crippen LogP contribution in [0.1, 0.15) is 40.5 Å². The summed E-state index contributed by atoms with van der Waals surface area (Å²) in [5.41, 5.74) is -0.153. The Morgan fingerprint density at radius 3 is 2.75 bits per heavy atom. The van der Waals surface area contributed by atoms with E-state index in [9.17, 15) is 0 Å². The van der Waals surface area contributed by atoms with E-state index < -0.39 is 0 Å². The van der Waals surface area contributed by atoms with Crippen molar-refractivity contribution < 1.29 is 0 Å². The van der Waals surface area contributed by atoms with Crippen molar-refractivity contribution in [2.45, 2.75) is 51.8 Å². The lowest BCUT2D eigenvalue weighted by Gasteiger charge is -2.37. The minimum Gasteiger partial charge on any atom is -0.299 e. The molecule has 3 heteroatoms. The SMILES string of the molecule is CC1SCCN(CCCC(C)(C)C#N)C1C. The highest BCUT2D eigenvalue weighted by atomic mass is 32.2. The first kappa shape index (κ1) is 13.9. The van der Waals surface area contributed by atoms with Gasteiger partial charge in [0.25, 0.3) is 0 Å². The lowest BCUT2D eigenvalue weighted by Crippen LogP contribution is -2.45. The van der Waals surface area contributed by atoms with Crippen molar-refractivity contribution in [1.29, 1.82) is 5.26 Å². The van der Waals surface area contributed by atoms with Gasteiger partial charge in [0.1, 0.15) is 0 Å². The Kier molecular flexibility index (Phi) is 5.14. The monoisotopic (exact) mass is 240 g/mol. The second kappa shape index (κ2) is 5.93. The summed E-state index contributed by atoms with van der Waals surface area (Å²) in [6.07, 6.45) is 2.15. The van der Waals surface area contributed by atoms with Crippen molar-refractivity contribution in [1.82, 2.24) is 4.90 Å². The zero-order valence-electron chi connectivity index (χ0n) is 11.0. The highest BCUT2D eigenvalue weighted by Gasteiger charge is 2.25. The number of thioether (sulfide) groups is 1. The van der Waals surface area contributed by atoms with Crippen LogP contribution in [0.25, 0.3) is 0 Å². The summed E-state index contributed by atoms with van der Waals surface area (Å²) in [7, 11) is 0. The molecular formula is C13H24N2S. The van der Waals surface area contributed by atoms with Gasteiger partial charge in [-0.15, -0.1) is 0 Å². The minimum atomic E-state index is -0.153. The van der Waals surface area contributed by atoms with Gasteiger partial charge in [0.2, 0.25) is 0 Å². The molecule has 0 aliphatic carbocycles. The van der Waals surface area contributed by atoms with Crippen molar-refractivity contribution in [3.05, 3.63) is 0 Å². The van der Waals surface area contributed by atoms with E-state index in [4.69, 9.17) is 5.26 Å². The molecule has 0 amide bonds. The summed E-state index contributed by atoms with van der Waals surface area (Å²) in [5, 5.41) is 9.71. The molecule has 0 aromatic heterocycles. The Morgan fingerprint density at radius 2 is 2.12 bits per heavy atom. The van der Waals surface area contributed by atoms with Crippen LogP contribution in [0.3, 0.4) is 0 Å². The molecule has 0 aromatic carbocycles. The van der Waals surface area contributed by atoms with E-state index in [0.717, 1.165) is 24.6 Å². The molecule has 2 unspecified atom stereocenters. The van der Waals surface area contributed by atoms with E-state index in [1.54, 1.807) is 0 Å². The van der Waals surface area contributed by atoms with Crippen LogP contribution in [0, 0.1) is 16.7 Å². The molecule has 0 aromatic rings. The standard InChI is InChI=1S/C13H24N2S/c1-11-12(2)16-9-8-15(11)7-5-6-13(3,4)10-14/h11-12H,5-9H2,1-4H3. The summed E-state index contributed by atoms with van der Waals surface area (Å²) in [5.74, 6) is 1.26. The van der Waals surface area contributed by atoms with Crippen molar-refractivity contribution in [3.63, 3.8) is 0 Å². The molecule has 1 heterocycles. The van der Waals surface area contributed by atoms with Gasteiger partial charge in [0, 0.05) is 23.6 Å². The fourth-order valence-electron chi connectivity index (χ4n) is 2.09. The first-order chi connectivity index (χ1) is 7.46. The quantitative estimate of drug-likeness (QED) is 0.755. The Hall–Kier alpha value is -0.200. The van der Waals surface area contributed by atoms with Crippen LogP contribution in [0.5, 0.6) is 0 Å². The van der Waals surface area contributed by atoms with Gasteiger partial charge in [0.15, 0.2) is 0 Å². The molecule has 0 bridgehead atoms. The maximum Gasteiger partial charge on any atom is 0.0683 e. The first-order valence-corrected chi connectivity index (χ1v) is 7.28. The van der Waals surface area contributed by atoms with E-state index in [1.165, 1.54) is 12.3 Å². The van der Waals surface area contributed by atoms with Crippen molar-refractivity contribution in [3.8, 4) is 6.07 Å². The summed E-state index contributed by atoms with van der Waals surface area (Å²) >= 11 is 2.08. The summed E-state index contributed by atoms with van der Waals surface area (Å²) < 4.78 is 0. The van der Waals surface area contributed by atoms with Crippen LogP contribution >= 0.6 is 11.8 Å². The molecule has 1 fully saturated rings. The van der Waals surface area contributed by atoms with Gasteiger partial charge in [-0.2, -0.15) is 17.0 Å². The van der Waals surface area contributed by atoms with Gasteiger partial charge in [-0.05, 0) is 40.2 Å². The fourth-order valence-corrected chi connectivity index (χ4v) is 3.25. The fraction of sp³-hybridized carbons (Fsp3) is 0.923. The van der Waals surface area contributed by atoms with Crippen LogP contribution in [0.2, 0.25) is 0 Å². The molecule has 0 radical (unpaired) electrons. The molecular weight excluding hydrogens is 216 g/mol. The predicted molar refractivity (Wildman–Crippen MR) is 71.6 cm³/mol. The highest BCUT2D eigenvalue weighted by Crippen LogP contribution is 2.26. The molecule has 1 aliphatic rings. The number of rotatable bonds is 4. The van der Waals surface area contributed by atoms with Gasteiger partial charge >= 0.3 is 0 Å². The van der Waals surface area contributed by atoms with E-state index in [2.05, 4.69) is 36.6 Å². The molecule has 0 spiro atoms. The summed E-state index contributed by atoms with van der Waals surface area (Å²) in [6.45, 7) is 11.1. The largest absolute Gasteiger partial charge is 0.299 e. The topological polar surface area (TPSA) is 27.0 Å². The van der Waals surface area contributed by atoms with Crippen LogP contribution in [-0.2, 0) is 0 Å². The second-order valence-electron chi connectivity index (χ2n) is 5.45. The number of nitriles is 1. The zero-order chi connectivity index (χ0) is 12.2. The second-order valence-corrected chi connectivity index (χ2v) is 6.94. The molecule has 92 valence electrons. The Balaban J connectivity index is 2.30. The first-order valence-electron chi connectivity index (χ1n) is 6.23. The van der Waals surface area contributed by atoms with E-state index in [1.807, 2.05) is 13.8 Å². The van der Waals surface area contributed by atoms with Crippen LogP contribution in [-0.4, -0.2) is 35.0 Å². The van der Waals surface area contributed by atoms with Gasteiger partial charge in [-0.3, -0.25) is 4.90 Å². The van der Waals surface area contributed by atoms with Crippen molar-refractivity contribution >= 4 is 11.8 Å². The molecule has 2 atom stereocenters. The van der Waals surface area contributed by atoms with E-state index in [-0.39, 0.29) is 5.41 Å². The smallest absolute Gasteiger partial charge is 0.0683 e. The predicted octanol–water partition coefficient (Wildman–Crippen LogP) is 3.14. The molecule has 1 saturated heterocycles. The number of hydrogen-bond donors (Lipinski definition) is 0. The van der Waals surface area contributed by atoms with E-state index in [0.29, 0.717) is 6.04 Å². The normalized spacial score (nSPS) is 27.7. The maximum absolute atomic E-state index is 8.96. The Labute approximate surface area is 104 Å².